The number of hydrogen-bond acceptors (Lipinski definition) is 6. The van der Waals surface area contributed by atoms with Crippen LogP contribution in [0.3, 0.4) is 0 Å². The van der Waals surface area contributed by atoms with Gasteiger partial charge in [0.05, 0.1) is 29.3 Å². The van der Waals surface area contributed by atoms with Gasteiger partial charge in [-0.2, -0.15) is 0 Å². The highest BCUT2D eigenvalue weighted by Crippen LogP contribution is 2.41. The molecule has 7 nitrogen and oxygen atoms in total. The van der Waals surface area contributed by atoms with E-state index in [1.807, 2.05) is 18.3 Å². The third-order valence-corrected chi connectivity index (χ3v) is 7.25. The van der Waals surface area contributed by atoms with E-state index in [0.29, 0.717) is 23.6 Å². The number of benzene rings is 1. The maximum Gasteiger partial charge on any atom is 0.258 e. The molecule has 1 atom stereocenters. The summed E-state index contributed by atoms with van der Waals surface area (Å²) < 4.78 is 0. The highest BCUT2D eigenvalue weighted by Gasteiger charge is 2.38. The normalized spacial score (nSPS) is 18.4. The van der Waals surface area contributed by atoms with Crippen LogP contribution in [0.5, 0.6) is 0 Å². The van der Waals surface area contributed by atoms with E-state index in [0.717, 1.165) is 43.0 Å². The second-order valence-electron chi connectivity index (χ2n) is 9.16. The minimum atomic E-state index is -0.564. The Hall–Kier alpha value is -3.16. The summed E-state index contributed by atoms with van der Waals surface area (Å²) in [5, 5.41) is 3.29. The minimum Gasteiger partial charge on any atom is -0.368 e. The molecule has 176 valence electrons. The number of carbonyl (C=O) groups is 1. The summed E-state index contributed by atoms with van der Waals surface area (Å²) in [7, 11) is 2.14. The van der Waals surface area contributed by atoms with Crippen LogP contribution in [0.2, 0.25) is 0 Å². The number of hydrogen-bond donors (Lipinski definition) is 1. The largest absolute Gasteiger partial charge is 0.368 e. The number of halogens is 1. The number of rotatable bonds is 5. The lowest BCUT2D eigenvalue weighted by Crippen LogP contribution is -2.44. The fraction of sp³-hybridized carbons (Fsp3) is 0.346. The van der Waals surface area contributed by atoms with Crippen molar-refractivity contribution < 1.29 is 4.79 Å². The molecule has 1 aromatic carbocycles. The van der Waals surface area contributed by atoms with Gasteiger partial charge in [0, 0.05) is 44.5 Å². The molecule has 5 rings (SSSR count). The van der Waals surface area contributed by atoms with E-state index in [1.54, 1.807) is 17.3 Å². The molecule has 0 aliphatic carbocycles. The molecule has 0 bridgehead atoms. The molecule has 1 saturated heterocycles. The van der Waals surface area contributed by atoms with Gasteiger partial charge < -0.3 is 20.0 Å². The second-order valence-corrected chi connectivity index (χ2v) is 9.57. The Morgan fingerprint density at radius 3 is 2.53 bits per heavy atom. The van der Waals surface area contributed by atoms with Crippen molar-refractivity contribution in [3.8, 4) is 0 Å². The average molecular weight is 477 g/mol. The van der Waals surface area contributed by atoms with Gasteiger partial charge >= 0.3 is 0 Å². The standard InChI is InChI=1S/C26H29ClN6O/c1-17-4-5-19(12-18(17)2)16-33-25(27)21-14-28-15-22(24(21)26(33)34)30-23-7-6-20(13-29-23)32-10-8-31(3)9-11-32/h4-7,12-15,25H,8-11,16H2,1-3H3,(H,29,30). The van der Waals surface area contributed by atoms with Crippen LogP contribution in [0.15, 0.2) is 48.9 Å². The number of pyridine rings is 2. The molecule has 0 radical (unpaired) electrons. The van der Waals surface area contributed by atoms with Crippen molar-refractivity contribution in [2.24, 2.45) is 0 Å². The number of alkyl halides is 1. The molecule has 1 amide bonds. The van der Waals surface area contributed by atoms with E-state index in [4.69, 9.17) is 11.6 Å². The predicted octanol–water partition coefficient (Wildman–Crippen LogP) is 4.48. The number of piperazine rings is 1. The Morgan fingerprint density at radius 1 is 1.03 bits per heavy atom. The van der Waals surface area contributed by atoms with Gasteiger partial charge in [0.2, 0.25) is 0 Å². The van der Waals surface area contributed by atoms with Crippen LogP contribution in [0.1, 0.15) is 38.1 Å². The average Bonchev–Trinajstić information content (AvgIpc) is 3.08. The lowest BCUT2D eigenvalue weighted by Gasteiger charge is -2.33. The van der Waals surface area contributed by atoms with E-state index in [-0.39, 0.29) is 5.91 Å². The highest BCUT2D eigenvalue weighted by atomic mass is 35.5. The Kier molecular flexibility index (Phi) is 6.15. The maximum atomic E-state index is 13.4. The number of likely N-dealkylation sites (N-methyl/N-ethyl adjacent to an activating group) is 1. The van der Waals surface area contributed by atoms with Crippen molar-refractivity contribution in [3.63, 3.8) is 0 Å². The molecule has 2 aliphatic rings. The highest BCUT2D eigenvalue weighted by molar-refractivity contribution is 6.25. The Morgan fingerprint density at radius 2 is 1.82 bits per heavy atom. The summed E-state index contributed by atoms with van der Waals surface area (Å²) in [5.41, 5.74) is 5.91. The maximum absolute atomic E-state index is 13.4. The summed E-state index contributed by atoms with van der Waals surface area (Å²) in [6.45, 7) is 8.66. The fourth-order valence-electron chi connectivity index (χ4n) is 4.51. The Bertz CT molecular complexity index is 1210. The molecule has 1 N–H and O–H groups in total. The molecular formula is C26H29ClN6O. The zero-order chi connectivity index (χ0) is 23.8. The van der Waals surface area contributed by atoms with Gasteiger partial charge in [-0.05, 0) is 49.7 Å². The van der Waals surface area contributed by atoms with Crippen LogP contribution in [0.4, 0.5) is 17.2 Å². The second kappa shape index (κ2) is 9.24. The lowest BCUT2D eigenvalue weighted by molar-refractivity contribution is 0.0759. The molecular weight excluding hydrogens is 448 g/mol. The lowest BCUT2D eigenvalue weighted by atomic mass is 10.1. The summed E-state index contributed by atoms with van der Waals surface area (Å²) in [4.78, 5) is 28.7. The minimum absolute atomic E-state index is 0.104. The van der Waals surface area contributed by atoms with Crippen LogP contribution in [0, 0.1) is 13.8 Å². The smallest absolute Gasteiger partial charge is 0.258 e. The molecule has 2 aliphatic heterocycles. The van der Waals surface area contributed by atoms with E-state index < -0.39 is 5.50 Å². The van der Waals surface area contributed by atoms with Gasteiger partial charge in [-0.1, -0.05) is 29.8 Å². The van der Waals surface area contributed by atoms with Gasteiger partial charge in [-0.25, -0.2) is 4.98 Å². The van der Waals surface area contributed by atoms with Crippen LogP contribution in [-0.4, -0.2) is 58.9 Å². The summed E-state index contributed by atoms with van der Waals surface area (Å²) in [6.07, 6.45) is 5.22. The fourth-order valence-corrected chi connectivity index (χ4v) is 4.83. The number of anilines is 3. The molecule has 0 saturated carbocycles. The molecule has 3 aromatic rings. The summed E-state index contributed by atoms with van der Waals surface area (Å²) >= 11 is 6.73. The quantitative estimate of drug-likeness (QED) is 0.432. The van der Waals surface area contributed by atoms with Crippen molar-refractivity contribution >= 4 is 34.7 Å². The molecule has 0 spiro atoms. The predicted molar refractivity (Wildman–Crippen MR) is 136 cm³/mol. The van der Waals surface area contributed by atoms with Gasteiger partial charge in [0.25, 0.3) is 5.91 Å². The Labute approximate surface area is 205 Å². The van der Waals surface area contributed by atoms with Crippen molar-refractivity contribution in [2.45, 2.75) is 25.9 Å². The van der Waals surface area contributed by atoms with E-state index >= 15 is 0 Å². The topological polar surface area (TPSA) is 64.6 Å². The first-order valence-electron chi connectivity index (χ1n) is 11.6. The van der Waals surface area contributed by atoms with E-state index in [9.17, 15) is 4.79 Å². The molecule has 34 heavy (non-hydrogen) atoms. The van der Waals surface area contributed by atoms with E-state index in [1.165, 1.54) is 11.1 Å². The van der Waals surface area contributed by atoms with Crippen LogP contribution in [0.25, 0.3) is 0 Å². The van der Waals surface area contributed by atoms with Crippen LogP contribution < -0.4 is 10.2 Å². The number of nitrogens with one attached hydrogen (secondary N) is 1. The third kappa shape index (κ3) is 4.33. The molecule has 8 heteroatoms. The number of aromatic nitrogens is 2. The van der Waals surface area contributed by atoms with Gasteiger partial charge in [0.1, 0.15) is 11.3 Å². The number of carbonyl (C=O) groups excluding carboxylic acids is 1. The number of amides is 1. The number of nitrogens with zero attached hydrogens (tertiary/aromatic N) is 5. The van der Waals surface area contributed by atoms with Crippen LogP contribution in [-0.2, 0) is 6.54 Å². The number of aryl methyl sites for hydroxylation is 2. The zero-order valence-electron chi connectivity index (χ0n) is 19.8. The van der Waals surface area contributed by atoms with Crippen molar-refractivity contribution in [1.82, 2.24) is 19.8 Å². The van der Waals surface area contributed by atoms with Crippen molar-refractivity contribution in [1.29, 1.82) is 0 Å². The molecule has 1 fully saturated rings. The zero-order valence-corrected chi connectivity index (χ0v) is 20.5. The molecule has 1 unspecified atom stereocenters. The van der Waals surface area contributed by atoms with Gasteiger partial charge in [0.15, 0.2) is 0 Å². The monoisotopic (exact) mass is 476 g/mol. The van der Waals surface area contributed by atoms with Crippen LogP contribution >= 0.6 is 11.6 Å². The number of fused-ring (bicyclic) bond motifs is 1. The third-order valence-electron chi connectivity index (χ3n) is 6.78. The molecule has 4 heterocycles. The van der Waals surface area contributed by atoms with Crippen molar-refractivity contribution in [3.05, 3.63) is 76.7 Å². The van der Waals surface area contributed by atoms with E-state index in [2.05, 4.69) is 64.2 Å². The van der Waals surface area contributed by atoms with Gasteiger partial charge in [-0.3, -0.25) is 9.78 Å². The van der Waals surface area contributed by atoms with Gasteiger partial charge in [-0.15, -0.1) is 0 Å². The summed E-state index contributed by atoms with van der Waals surface area (Å²) in [5.74, 6) is 0.562. The molecule has 2 aromatic heterocycles. The summed E-state index contributed by atoms with van der Waals surface area (Å²) in [6, 6.07) is 10.2. The SMILES string of the molecule is Cc1ccc(CN2C(=O)c3c(Nc4ccc(N5CCN(C)CC5)cn4)cncc3C2Cl)cc1C. The first kappa shape index (κ1) is 22.6. The van der Waals surface area contributed by atoms with Crippen molar-refractivity contribution in [2.75, 3.05) is 43.4 Å². The first-order valence-corrected chi connectivity index (χ1v) is 12.0. The Balaban J connectivity index is 1.34. The first-order chi connectivity index (χ1) is 16.4.